The number of ether oxygens (including phenoxy) is 2. The Morgan fingerprint density at radius 1 is 1.33 bits per heavy atom. The predicted octanol–water partition coefficient (Wildman–Crippen LogP) is 2.70. The van der Waals surface area contributed by atoms with Crippen LogP contribution >= 0.6 is 23.2 Å². The number of halogens is 2. The molecule has 0 fully saturated rings. The molecule has 0 aromatic heterocycles. The Bertz CT molecular complexity index is 672. The summed E-state index contributed by atoms with van der Waals surface area (Å²) < 4.78 is 10.4. The molecule has 1 aliphatic heterocycles. The summed E-state index contributed by atoms with van der Waals surface area (Å²) in [7, 11) is 1.41. The third-order valence-electron chi connectivity index (χ3n) is 3.86. The van der Waals surface area contributed by atoms with Gasteiger partial charge in [-0.25, -0.2) is 5.01 Å². The first-order valence-corrected chi connectivity index (χ1v) is 8.12. The summed E-state index contributed by atoms with van der Waals surface area (Å²) in [4.78, 5) is 24.5. The number of rotatable bonds is 6. The quantitative estimate of drug-likeness (QED) is 0.719. The number of methoxy groups -OCH3 is 1. The molecule has 6 nitrogen and oxygen atoms in total. The zero-order valence-corrected chi connectivity index (χ0v) is 15.1. The third kappa shape index (κ3) is 3.41. The lowest BCUT2D eigenvalue weighted by Crippen LogP contribution is -2.50. The highest BCUT2D eigenvalue weighted by Crippen LogP contribution is 2.34. The van der Waals surface area contributed by atoms with Gasteiger partial charge in [-0.15, -0.1) is 0 Å². The van der Waals surface area contributed by atoms with Crippen molar-refractivity contribution in [2.45, 2.75) is 25.9 Å². The molecule has 1 heterocycles. The maximum absolute atomic E-state index is 12.8. The molecule has 0 bridgehead atoms. The van der Waals surface area contributed by atoms with Gasteiger partial charge in [-0.3, -0.25) is 9.59 Å². The van der Waals surface area contributed by atoms with Gasteiger partial charge < -0.3 is 9.47 Å². The number of carbonyl (C=O) groups excluding carboxylic acids is 2. The molecule has 130 valence electrons. The van der Waals surface area contributed by atoms with Crippen molar-refractivity contribution in [2.75, 3.05) is 20.3 Å². The molecule has 8 heteroatoms. The van der Waals surface area contributed by atoms with Crippen molar-refractivity contribution in [2.24, 2.45) is 5.10 Å². The molecule has 1 unspecified atom stereocenters. The maximum atomic E-state index is 12.8. The lowest BCUT2D eigenvalue weighted by atomic mass is 9.89. The number of benzene rings is 1. The van der Waals surface area contributed by atoms with Gasteiger partial charge in [-0.1, -0.05) is 29.3 Å². The standard InChI is InChI=1S/C16H18Cl2N2O4/c1-4-24-14(21)9-20-15(22)16(23-3,10(2)19-20)8-11-12(17)6-5-7-13(11)18/h5-7H,4,8-9H2,1-3H3. The van der Waals surface area contributed by atoms with Crippen molar-refractivity contribution < 1.29 is 19.1 Å². The van der Waals surface area contributed by atoms with Crippen molar-refractivity contribution in [3.63, 3.8) is 0 Å². The smallest absolute Gasteiger partial charge is 0.327 e. The molecule has 0 N–H and O–H groups in total. The van der Waals surface area contributed by atoms with Gasteiger partial charge in [0.1, 0.15) is 6.54 Å². The van der Waals surface area contributed by atoms with Crippen LogP contribution < -0.4 is 0 Å². The fourth-order valence-corrected chi connectivity index (χ4v) is 3.10. The summed E-state index contributed by atoms with van der Waals surface area (Å²) in [6, 6.07) is 5.10. The Morgan fingerprint density at radius 3 is 2.50 bits per heavy atom. The molecule has 1 amide bonds. The van der Waals surface area contributed by atoms with Crippen LogP contribution in [0.15, 0.2) is 23.3 Å². The molecule has 1 aromatic carbocycles. The summed E-state index contributed by atoms with van der Waals surface area (Å²) in [6.07, 6.45) is 0.121. The molecule has 1 atom stereocenters. The van der Waals surface area contributed by atoms with E-state index in [1.54, 1.807) is 32.0 Å². The minimum absolute atomic E-state index is 0.121. The van der Waals surface area contributed by atoms with E-state index in [4.69, 9.17) is 32.7 Å². The lowest BCUT2D eigenvalue weighted by molar-refractivity contribution is -0.153. The van der Waals surface area contributed by atoms with Gasteiger partial charge in [-0.2, -0.15) is 5.10 Å². The van der Waals surface area contributed by atoms with Crippen LogP contribution in [0.5, 0.6) is 0 Å². The van der Waals surface area contributed by atoms with Crippen LogP contribution in [0.2, 0.25) is 10.0 Å². The van der Waals surface area contributed by atoms with Gasteiger partial charge >= 0.3 is 5.97 Å². The van der Waals surface area contributed by atoms with Crippen LogP contribution in [0.3, 0.4) is 0 Å². The molecule has 24 heavy (non-hydrogen) atoms. The molecular formula is C16H18Cl2N2O4. The van der Waals surface area contributed by atoms with Gasteiger partial charge in [-0.05, 0) is 31.5 Å². The molecule has 0 saturated heterocycles. The zero-order chi connectivity index (χ0) is 17.9. The third-order valence-corrected chi connectivity index (χ3v) is 4.56. The summed E-state index contributed by atoms with van der Waals surface area (Å²) >= 11 is 12.4. The number of hydrazone groups is 1. The van der Waals surface area contributed by atoms with E-state index in [0.29, 0.717) is 21.3 Å². The van der Waals surface area contributed by atoms with E-state index >= 15 is 0 Å². The normalized spacial score (nSPS) is 20.3. The molecule has 0 aliphatic carbocycles. The summed E-state index contributed by atoms with van der Waals surface area (Å²) in [5, 5.41) is 6.08. The van der Waals surface area contributed by atoms with E-state index in [-0.39, 0.29) is 19.6 Å². The molecule has 1 aromatic rings. The van der Waals surface area contributed by atoms with Gasteiger partial charge in [0.05, 0.1) is 12.3 Å². The number of nitrogens with zero attached hydrogens (tertiary/aromatic N) is 2. The van der Waals surface area contributed by atoms with Gasteiger partial charge in [0.2, 0.25) is 0 Å². The van der Waals surface area contributed by atoms with Crippen molar-refractivity contribution in [3.05, 3.63) is 33.8 Å². The molecule has 0 saturated carbocycles. The van der Waals surface area contributed by atoms with Crippen molar-refractivity contribution >= 4 is 40.8 Å². The Labute approximate surface area is 150 Å². The Kier molecular flexibility index (Phi) is 5.85. The van der Waals surface area contributed by atoms with Gasteiger partial charge in [0.15, 0.2) is 5.60 Å². The monoisotopic (exact) mass is 372 g/mol. The van der Waals surface area contributed by atoms with E-state index in [9.17, 15) is 9.59 Å². The molecule has 0 radical (unpaired) electrons. The van der Waals surface area contributed by atoms with Crippen molar-refractivity contribution in [1.82, 2.24) is 5.01 Å². The molecular weight excluding hydrogens is 355 g/mol. The fraction of sp³-hybridized carbons (Fsp3) is 0.438. The minimum Gasteiger partial charge on any atom is -0.465 e. The van der Waals surface area contributed by atoms with Gasteiger partial charge in [0, 0.05) is 23.6 Å². The van der Waals surface area contributed by atoms with Crippen LogP contribution in [0.1, 0.15) is 19.4 Å². The highest BCUT2D eigenvalue weighted by Gasteiger charge is 2.50. The molecule has 2 rings (SSSR count). The number of amides is 1. The van der Waals surface area contributed by atoms with Crippen LogP contribution in [-0.4, -0.2) is 48.5 Å². The first kappa shape index (κ1) is 18.7. The summed E-state index contributed by atoms with van der Waals surface area (Å²) in [5.41, 5.74) is -0.333. The van der Waals surface area contributed by atoms with Crippen molar-refractivity contribution in [3.8, 4) is 0 Å². The topological polar surface area (TPSA) is 68.2 Å². The number of carbonyl (C=O) groups is 2. The van der Waals surface area contributed by atoms with Crippen molar-refractivity contribution in [1.29, 1.82) is 0 Å². The summed E-state index contributed by atoms with van der Waals surface area (Å²) in [5.74, 6) is -0.989. The van der Waals surface area contributed by atoms with E-state index in [2.05, 4.69) is 5.10 Å². The maximum Gasteiger partial charge on any atom is 0.327 e. The van der Waals surface area contributed by atoms with E-state index in [1.807, 2.05) is 0 Å². The fourth-order valence-electron chi connectivity index (χ4n) is 2.57. The Balaban J connectivity index is 2.31. The van der Waals surface area contributed by atoms with Gasteiger partial charge in [0.25, 0.3) is 5.91 Å². The number of esters is 1. The number of hydrogen-bond donors (Lipinski definition) is 0. The number of hydrogen-bond acceptors (Lipinski definition) is 5. The molecule has 0 spiro atoms. The average Bonchev–Trinajstić information content (AvgIpc) is 2.75. The highest BCUT2D eigenvalue weighted by atomic mass is 35.5. The van der Waals surface area contributed by atoms with E-state index in [0.717, 1.165) is 5.01 Å². The van der Waals surface area contributed by atoms with E-state index in [1.165, 1.54) is 7.11 Å². The lowest BCUT2D eigenvalue weighted by Gasteiger charge is -2.27. The zero-order valence-electron chi connectivity index (χ0n) is 13.6. The first-order valence-electron chi connectivity index (χ1n) is 7.37. The minimum atomic E-state index is -1.35. The van der Waals surface area contributed by atoms with Crippen LogP contribution in [0, 0.1) is 0 Å². The Hall–Kier alpha value is -1.63. The van der Waals surface area contributed by atoms with Crippen LogP contribution in [-0.2, 0) is 25.5 Å². The average molecular weight is 373 g/mol. The van der Waals surface area contributed by atoms with Crippen LogP contribution in [0.4, 0.5) is 0 Å². The molecule has 1 aliphatic rings. The summed E-state index contributed by atoms with van der Waals surface area (Å²) in [6.45, 7) is 3.31. The van der Waals surface area contributed by atoms with E-state index < -0.39 is 17.5 Å². The largest absolute Gasteiger partial charge is 0.465 e. The highest BCUT2D eigenvalue weighted by molar-refractivity contribution is 6.36. The SMILES string of the molecule is CCOC(=O)CN1N=C(C)C(Cc2c(Cl)cccc2Cl)(OC)C1=O. The second-order valence-electron chi connectivity index (χ2n) is 5.26. The Morgan fingerprint density at radius 2 is 1.96 bits per heavy atom. The second kappa shape index (κ2) is 7.51. The second-order valence-corrected chi connectivity index (χ2v) is 6.08. The van der Waals surface area contributed by atoms with Crippen LogP contribution in [0.25, 0.3) is 0 Å². The first-order chi connectivity index (χ1) is 11.4. The predicted molar refractivity (Wildman–Crippen MR) is 91.4 cm³/mol.